The van der Waals surface area contributed by atoms with Gasteiger partial charge in [-0.25, -0.2) is 0 Å². The quantitative estimate of drug-likeness (QED) is 0.520. The van der Waals surface area contributed by atoms with Crippen LogP contribution in [0.15, 0.2) is 48.6 Å². The molecule has 0 aromatic heterocycles. The molecule has 0 saturated heterocycles. The summed E-state index contributed by atoms with van der Waals surface area (Å²) in [6.07, 6.45) is 11.8. The highest BCUT2D eigenvalue weighted by Gasteiger charge is 1.77. The van der Waals surface area contributed by atoms with E-state index >= 15 is 0 Å². The minimum atomic E-state index is 1.21. The van der Waals surface area contributed by atoms with Gasteiger partial charge in [0.25, 0.3) is 0 Å². The van der Waals surface area contributed by atoms with Crippen LogP contribution in [0.5, 0.6) is 0 Å². The standard InChI is InChI=1S/C10H14/c1-4-7-9-10(6-3)8-5-2/h4-9H,1H2,2-3H3. The van der Waals surface area contributed by atoms with E-state index in [1.165, 1.54) is 5.57 Å². The molecule has 0 heteroatoms. The summed E-state index contributed by atoms with van der Waals surface area (Å²) in [5, 5.41) is 0. The molecule has 0 nitrogen and oxygen atoms in total. The predicted molar refractivity (Wildman–Crippen MR) is 47.9 cm³/mol. The topological polar surface area (TPSA) is 0 Å². The van der Waals surface area contributed by atoms with E-state index in [4.69, 9.17) is 0 Å². The Labute approximate surface area is 63.3 Å². The molecule has 0 amide bonds. The van der Waals surface area contributed by atoms with Crippen LogP contribution < -0.4 is 0 Å². The van der Waals surface area contributed by atoms with Crippen molar-refractivity contribution in [2.75, 3.05) is 0 Å². The van der Waals surface area contributed by atoms with Crippen molar-refractivity contribution < 1.29 is 0 Å². The van der Waals surface area contributed by atoms with Crippen molar-refractivity contribution in [2.45, 2.75) is 13.8 Å². The van der Waals surface area contributed by atoms with E-state index in [1.807, 2.05) is 32.1 Å². The molecule has 0 saturated carbocycles. The molecule has 0 aliphatic carbocycles. The maximum absolute atomic E-state index is 3.59. The molecule has 0 heterocycles. The van der Waals surface area contributed by atoms with Crippen molar-refractivity contribution in [2.24, 2.45) is 0 Å². The zero-order valence-electron chi connectivity index (χ0n) is 6.67. The summed E-state index contributed by atoms with van der Waals surface area (Å²) < 4.78 is 0. The van der Waals surface area contributed by atoms with Crippen molar-refractivity contribution >= 4 is 0 Å². The lowest BCUT2D eigenvalue weighted by atomic mass is 10.2. The Morgan fingerprint density at radius 1 is 1.20 bits per heavy atom. The van der Waals surface area contributed by atoms with Crippen LogP contribution in [-0.4, -0.2) is 0 Å². The third-order valence-corrected chi connectivity index (χ3v) is 1.12. The molecular formula is C10H14. The Bertz CT molecular complexity index is 168. The highest BCUT2D eigenvalue weighted by Crippen LogP contribution is 1.98. The summed E-state index contributed by atoms with van der Waals surface area (Å²) in [5.41, 5.74) is 1.21. The Morgan fingerprint density at radius 2 is 1.90 bits per heavy atom. The van der Waals surface area contributed by atoms with Crippen molar-refractivity contribution in [1.29, 1.82) is 0 Å². The summed E-state index contributed by atoms with van der Waals surface area (Å²) >= 11 is 0. The van der Waals surface area contributed by atoms with Gasteiger partial charge in [0.2, 0.25) is 0 Å². The van der Waals surface area contributed by atoms with Crippen LogP contribution in [-0.2, 0) is 0 Å². The van der Waals surface area contributed by atoms with E-state index in [0.29, 0.717) is 0 Å². The van der Waals surface area contributed by atoms with Crippen molar-refractivity contribution in [1.82, 2.24) is 0 Å². The Kier molecular flexibility index (Phi) is 5.45. The molecule has 10 heavy (non-hydrogen) atoms. The molecule has 0 aromatic carbocycles. The maximum atomic E-state index is 3.59. The third-order valence-electron chi connectivity index (χ3n) is 1.12. The fourth-order valence-corrected chi connectivity index (χ4v) is 0.620. The smallest absolute Gasteiger partial charge is 0.0303 e. The number of hydrogen-bond acceptors (Lipinski definition) is 0. The van der Waals surface area contributed by atoms with Gasteiger partial charge in [0.1, 0.15) is 0 Å². The normalized spacial score (nSPS) is 13.2. The zero-order valence-corrected chi connectivity index (χ0v) is 6.67. The minimum Gasteiger partial charge on any atom is -0.0991 e. The van der Waals surface area contributed by atoms with Gasteiger partial charge in [-0.1, -0.05) is 43.0 Å². The lowest BCUT2D eigenvalue weighted by molar-refractivity contribution is 1.57. The molecular weight excluding hydrogens is 120 g/mol. The Hall–Kier alpha value is -1.04. The molecule has 0 spiro atoms. The second-order valence-corrected chi connectivity index (χ2v) is 1.88. The molecule has 54 valence electrons. The molecule has 0 aromatic rings. The van der Waals surface area contributed by atoms with Crippen LogP contribution >= 0.6 is 0 Å². The highest BCUT2D eigenvalue weighted by atomic mass is 13.8. The van der Waals surface area contributed by atoms with Gasteiger partial charge in [0.05, 0.1) is 0 Å². The fourth-order valence-electron chi connectivity index (χ4n) is 0.620. The molecule has 0 rings (SSSR count). The first kappa shape index (κ1) is 8.96. The van der Waals surface area contributed by atoms with Gasteiger partial charge in [0.15, 0.2) is 0 Å². The highest BCUT2D eigenvalue weighted by molar-refractivity contribution is 5.31. The fraction of sp³-hybridized carbons (Fsp3) is 0.200. The van der Waals surface area contributed by atoms with Crippen molar-refractivity contribution in [3.63, 3.8) is 0 Å². The Morgan fingerprint density at radius 3 is 2.30 bits per heavy atom. The molecule has 0 radical (unpaired) electrons. The van der Waals surface area contributed by atoms with Crippen molar-refractivity contribution in [3.05, 3.63) is 48.6 Å². The van der Waals surface area contributed by atoms with Gasteiger partial charge >= 0.3 is 0 Å². The zero-order chi connectivity index (χ0) is 7.82. The number of hydrogen-bond donors (Lipinski definition) is 0. The number of rotatable bonds is 3. The molecule has 0 aliphatic heterocycles. The largest absolute Gasteiger partial charge is 0.0991 e. The van der Waals surface area contributed by atoms with E-state index in [9.17, 15) is 0 Å². The third kappa shape index (κ3) is 3.90. The first-order chi connectivity index (χ1) is 4.85. The van der Waals surface area contributed by atoms with Crippen LogP contribution in [0.2, 0.25) is 0 Å². The van der Waals surface area contributed by atoms with Crippen LogP contribution in [0, 0.1) is 0 Å². The number of allylic oxidation sites excluding steroid dienone is 7. The maximum Gasteiger partial charge on any atom is -0.0303 e. The van der Waals surface area contributed by atoms with Crippen LogP contribution in [0.25, 0.3) is 0 Å². The molecule has 0 fully saturated rings. The summed E-state index contributed by atoms with van der Waals surface area (Å²) in [6, 6.07) is 0. The summed E-state index contributed by atoms with van der Waals surface area (Å²) in [5.74, 6) is 0. The van der Waals surface area contributed by atoms with Gasteiger partial charge < -0.3 is 0 Å². The van der Waals surface area contributed by atoms with E-state index in [0.717, 1.165) is 0 Å². The first-order valence-corrected chi connectivity index (χ1v) is 3.43. The van der Waals surface area contributed by atoms with Crippen molar-refractivity contribution in [3.8, 4) is 0 Å². The molecule has 0 N–H and O–H groups in total. The summed E-state index contributed by atoms with van der Waals surface area (Å²) in [7, 11) is 0. The first-order valence-electron chi connectivity index (χ1n) is 3.43. The predicted octanol–water partition coefficient (Wildman–Crippen LogP) is 3.25. The van der Waals surface area contributed by atoms with Gasteiger partial charge in [-0.3, -0.25) is 0 Å². The van der Waals surface area contributed by atoms with E-state index in [-0.39, 0.29) is 0 Å². The van der Waals surface area contributed by atoms with Crippen LogP contribution in [0.4, 0.5) is 0 Å². The lowest BCUT2D eigenvalue weighted by Crippen LogP contribution is -1.66. The van der Waals surface area contributed by atoms with Crippen LogP contribution in [0.1, 0.15) is 13.8 Å². The van der Waals surface area contributed by atoms with Gasteiger partial charge in [-0.2, -0.15) is 0 Å². The Balaban J connectivity index is 4.10. The molecule has 0 aliphatic rings. The van der Waals surface area contributed by atoms with E-state index in [2.05, 4.69) is 18.7 Å². The molecule has 0 atom stereocenters. The van der Waals surface area contributed by atoms with Gasteiger partial charge in [-0.05, 0) is 19.4 Å². The SMILES string of the molecule is C=CC=CC(C=CC)=CC. The average molecular weight is 134 g/mol. The van der Waals surface area contributed by atoms with Crippen LogP contribution in [0.3, 0.4) is 0 Å². The summed E-state index contributed by atoms with van der Waals surface area (Å²) in [6.45, 7) is 7.61. The second kappa shape index (κ2) is 6.09. The van der Waals surface area contributed by atoms with Gasteiger partial charge in [-0.15, -0.1) is 0 Å². The van der Waals surface area contributed by atoms with Gasteiger partial charge in [0, 0.05) is 0 Å². The average Bonchev–Trinajstić information content (AvgIpc) is 1.98. The lowest BCUT2D eigenvalue weighted by Gasteiger charge is -1.87. The minimum absolute atomic E-state index is 1.21. The monoisotopic (exact) mass is 134 g/mol. The molecule has 0 unspecified atom stereocenters. The summed E-state index contributed by atoms with van der Waals surface area (Å²) in [4.78, 5) is 0. The molecule has 0 bridgehead atoms. The van der Waals surface area contributed by atoms with E-state index in [1.54, 1.807) is 6.08 Å². The second-order valence-electron chi connectivity index (χ2n) is 1.88. The van der Waals surface area contributed by atoms with E-state index < -0.39 is 0 Å².